The standard InChI is InChI=1S/C16H23N3O2/c17-16(21)18-15(20)14(13-9-5-4-6-10-13)19-11-7-2-1-3-8-12-19/h4-6,9-10,14H,1-3,7-8,11-12H2,(H3,17,18,20,21)/t14-/m0/s1. The summed E-state index contributed by atoms with van der Waals surface area (Å²) in [5.74, 6) is -0.339. The van der Waals surface area contributed by atoms with E-state index in [-0.39, 0.29) is 5.91 Å². The first kappa shape index (κ1) is 15.5. The molecule has 1 aliphatic rings. The van der Waals surface area contributed by atoms with Crippen LogP contribution in [0.2, 0.25) is 0 Å². The van der Waals surface area contributed by atoms with E-state index in [0.29, 0.717) is 0 Å². The van der Waals surface area contributed by atoms with E-state index in [0.717, 1.165) is 31.5 Å². The zero-order chi connectivity index (χ0) is 15.1. The Bertz CT molecular complexity index is 468. The summed E-state index contributed by atoms with van der Waals surface area (Å²) in [5.41, 5.74) is 6.01. The minimum Gasteiger partial charge on any atom is -0.351 e. The number of urea groups is 1. The Hall–Kier alpha value is -1.88. The molecule has 1 atom stereocenters. The molecular weight excluding hydrogens is 266 g/mol. The molecule has 3 N–H and O–H groups in total. The summed E-state index contributed by atoms with van der Waals surface area (Å²) in [6.45, 7) is 1.73. The molecule has 5 heteroatoms. The van der Waals surface area contributed by atoms with Crippen LogP contribution in [0.25, 0.3) is 0 Å². The quantitative estimate of drug-likeness (QED) is 0.895. The summed E-state index contributed by atoms with van der Waals surface area (Å²) in [6.07, 6.45) is 5.79. The largest absolute Gasteiger partial charge is 0.351 e. The van der Waals surface area contributed by atoms with Gasteiger partial charge in [-0.2, -0.15) is 0 Å². The highest BCUT2D eigenvalue weighted by molar-refractivity contribution is 5.96. The number of hydrogen-bond donors (Lipinski definition) is 2. The Labute approximate surface area is 125 Å². The van der Waals surface area contributed by atoms with Crippen LogP contribution in [0.1, 0.15) is 43.7 Å². The lowest BCUT2D eigenvalue weighted by Crippen LogP contribution is -2.45. The second-order valence-corrected chi connectivity index (χ2v) is 5.47. The van der Waals surface area contributed by atoms with Gasteiger partial charge in [-0.05, 0) is 31.5 Å². The summed E-state index contributed by atoms with van der Waals surface area (Å²) in [7, 11) is 0. The van der Waals surface area contributed by atoms with E-state index < -0.39 is 12.1 Å². The van der Waals surface area contributed by atoms with Crippen LogP contribution in [-0.4, -0.2) is 29.9 Å². The molecule has 5 nitrogen and oxygen atoms in total. The van der Waals surface area contributed by atoms with Gasteiger partial charge < -0.3 is 5.73 Å². The van der Waals surface area contributed by atoms with E-state index in [9.17, 15) is 9.59 Å². The first-order valence-electron chi connectivity index (χ1n) is 7.58. The maximum absolute atomic E-state index is 12.4. The minimum atomic E-state index is -0.798. The molecule has 0 bridgehead atoms. The number of amides is 3. The molecule has 0 unspecified atom stereocenters. The molecule has 0 radical (unpaired) electrons. The molecule has 1 fully saturated rings. The second kappa shape index (κ2) is 7.78. The van der Waals surface area contributed by atoms with Crippen LogP contribution in [0.15, 0.2) is 30.3 Å². The van der Waals surface area contributed by atoms with Gasteiger partial charge in [-0.25, -0.2) is 4.79 Å². The maximum Gasteiger partial charge on any atom is 0.318 e. The predicted octanol–water partition coefficient (Wildman–Crippen LogP) is 2.19. The summed E-state index contributed by atoms with van der Waals surface area (Å²) in [5, 5.41) is 2.23. The number of rotatable bonds is 3. The number of likely N-dealkylation sites (tertiary alicyclic amines) is 1. The fourth-order valence-electron chi connectivity index (χ4n) is 2.88. The van der Waals surface area contributed by atoms with Crippen LogP contribution >= 0.6 is 0 Å². The van der Waals surface area contributed by atoms with E-state index in [1.54, 1.807) is 0 Å². The molecule has 1 aromatic carbocycles. The smallest absolute Gasteiger partial charge is 0.318 e. The van der Waals surface area contributed by atoms with E-state index in [1.807, 2.05) is 30.3 Å². The summed E-state index contributed by atoms with van der Waals surface area (Å²) >= 11 is 0. The van der Waals surface area contributed by atoms with Gasteiger partial charge in [0.25, 0.3) is 0 Å². The lowest BCUT2D eigenvalue weighted by atomic mass is 10.0. The highest BCUT2D eigenvalue weighted by atomic mass is 16.2. The lowest BCUT2D eigenvalue weighted by Gasteiger charge is -2.32. The number of nitrogens with zero attached hydrogens (tertiary/aromatic N) is 1. The maximum atomic E-state index is 12.4. The van der Waals surface area contributed by atoms with E-state index in [1.165, 1.54) is 19.3 Å². The van der Waals surface area contributed by atoms with Gasteiger partial charge in [0.2, 0.25) is 5.91 Å². The topological polar surface area (TPSA) is 75.4 Å². The number of carbonyl (C=O) groups is 2. The minimum absolute atomic E-state index is 0.339. The van der Waals surface area contributed by atoms with Crippen molar-refractivity contribution in [2.24, 2.45) is 5.73 Å². The van der Waals surface area contributed by atoms with Gasteiger partial charge in [-0.1, -0.05) is 49.6 Å². The van der Waals surface area contributed by atoms with E-state index in [4.69, 9.17) is 5.73 Å². The number of hydrogen-bond acceptors (Lipinski definition) is 3. The van der Waals surface area contributed by atoms with Gasteiger partial charge in [0, 0.05) is 0 Å². The van der Waals surface area contributed by atoms with E-state index in [2.05, 4.69) is 10.2 Å². The van der Waals surface area contributed by atoms with Crippen molar-refractivity contribution in [2.45, 2.75) is 38.1 Å². The second-order valence-electron chi connectivity index (χ2n) is 5.47. The van der Waals surface area contributed by atoms with Crippen molar-refractivity contribution in [3.8, 4) is 0 Å². The molecular formula is C16H23N3O2. The fourth-order valence-corrected chi connectivity index (χ4v) is 2.88. The Kier molecular flexibility index (Phi) is 5.75. The van der Waals surface area contributed by atoms with Gasteiger partial charge >= 0.3 is 6.03 Å². The lowest BCUT2D eigenvalue weighted by molar-refractivity contribution is -0.125. The summed E-state index contributed by atoms with van der Waals surface area (Å²) in [6, 6.07) is 8.33. The van der Waals surface area contributed by atoms with Crippen LogP contribution in [0.5, 0.6) is 0 Å². The third-order valence-corrected chi connectivity index (χ3v) is 3.87. The highest BCUT2D eigenvalue weighted by Crippen LogP contribution is 2.24. The van der Waals surface area contributed by atoms with Crippen LogP contribution < -0.4 is 11.1 Å². The number of benzene rings is 1. The Morgan fingerprint density at radius 1 is 1.00 bits per heavy atom. The zero-order valence-electron chi connectivity index (χ0n) is 12.3. The van der Waals surface area contributed by atoms with Crippen molar-refractivity contribution < 1.29 is 9.59 Å². The number of nitrogens with two attached hydrogens (primary N) is 1. The molecule has 1 aliphatic heterocycles. The Morgan fingerprint density at radius 2 is 1.57 bits per heavy atom. The van der Waals surface area contributed by atoms with Gasteiger partial charge in [0.15, 0.2) is 0 Å². The molecule has 21 heavy (non-hydrogen) atoms. The summed E-state index contributed by atoms with van der Waals surface area (Å²) < 4.78 is 0. The Balaban J connectivity index is 2.21. The highest BCUT2D eigenvalue weighted by Gasteiger charge is 2.28. The van der Waals surface area contributed by atoms with Crippen molar-refractivity contribution in [1.29, 1.82) is 0 Å². The van der Waals surface area contributed by atoms with Gasteiger partial charge in [0.1, 0.15) is 6.04 Å². The van der Waals surface area contributed by atoms with Gasteiger partial charge in [-0.15, -0.1) is 0 Å². The first-order valence-corrected chi connectivity index (χ1v) is 7.58. The molecule has 114 valence electrons. The first-order chi connectivity index (χ1) is 10.2. The van der Waals surface area contributed by atoms with Crippen molar-refractivity contribution >= 4 is 11.9 Å². The van der Waals surface area contributed by atoms with Crippen LogP contribution in [-0.2, 0) is 4.79 Å². The SMILES string of the molecule is NC(=O)NC(=O)[C@H](c1ccccc1)N1CCCCCCC1. The van der Waals surface area contributed by atoms with Crippen LogP contribution in [0, 0.1) is 0 Å². The monoisotopic (exact) mass is 289 g/mol. The van der Waals surface area contributed by atoms with Crippen molar-refractivity contribution in [1.82, 2.24) is 10.2 Å². The number of carbonyl (C=O) groups excluding carboxylic acids is 2. The summed E-state index contributed by atoms with van der Waals surface area (Å²) in [4.78, 5) is 25.6. The van der Waals surface area contributed by atoms with Gasteiger partial charge in [-0.3, -0.25) is 15.0 Å². The molecule has 0 aromatic heterocycles. The molecule has 0 aliphatic carbocycles. The van der Waals surface area contributed by atoms with Crippen molar-refractivity contribution in [2.75, 3.05) is 13.1 Å². The average molecular weight is 289 g/mol. The average Bonchev–Trinajstić information content (AvgIpc) is 2.41. The van der Waals surface area contributed by atoms with E-state index >= 15 is 0 Å². The number of imide groups is 1. The molecule has 0 spiro atoms. The Morgan fingerprint density at radius 3 is 2.14 bits per heavy atom. The van der Waals surface area contributed by atoms with Gasteiger partial charge in [0.05, 0.1) is 0 Å². The molecule has 1 aromatic rings. The number of nitrogens with one attached hydrogen (secondary N) is 1. The normalized spacial score (nSPS) is 18.3. The van der Waals surface area contributed by atoms with Crippen molar-refractivity contribution in [3.05, 3.63) is 35.9 Å². The molecule has 1 heterocycles. The molecule has 0 saturated carbocycles. The molecule has 1 saturated heterocycles. The predicted molar refractivity (Wildman–Crippen MR) is 81.6 cm³/mol. The van der Waals surface area contributed by atoms with Crippen LogP contribution in [0.3, 0.4) is 0 Å². The third kappa shape index (κ3) is 4.56. The molecule has 3 amide bonds. The number of primary amides is 1. The third-order valence-electron chi connectivity index (χ3n) is 3.87. The van der Waals surface area contributed by atoms with Crippen LogP contribution in [0.4, 0.5) is 4.79 Å². The fraction of sp³-hybridized carbons (Fsp3) is 0.500. The zero-order valence-corrected chi connectivity index (χ0v) is 12.3. The van der Waals surface area contributed by atoms with Crippen molar-refractivity contribution in [3.63, 3.8) is 0 Å². The molecule has 2 rings (SSSR count).